The van der Waals surface area contributed by atoms with Crippen LogP contribution >= 0.6 is 0 Å². The molecule has 0 aliphatic heterocycles. The number of hydrogen-bond acceptors (Lipinski definition) is 3. The van der Waals surface area contributed by atoms with Crippen LogP contribution in [0.25, 0.3) is 0 Å². The van der Waals surface area contributed by atoms with Gasteiger partial charge in [-0.1, -0.05) is 26.3 Å². The van der Waals surface area contributed by atoms with Crippen LogP contribution in [0.15, 0.2) is 18.2 Å². The first kappa shape index (κ1) is 16.2. The lowest BCUT2D eigenvalue weighted by molar-refractivity contribution is -0.00501. The van der Waals surface area contributed by atoms with E-state index in [1.165, 1.54) is 12.1 Å². The SMILES string of the molecule is CCCC(C)(C)OC(=O)c1ccc(CC)cc1C(=O)O. The molecule has 1 N–H and O–H groups in total. The van der Waals surface area contributed by atoms with Crippen molar-refractivity contribution in [1.29, 1.82) is 0 Å². The average Bonchev–Trinajstić information content (AvgIpc) is 2.37. The number of ether oxygens (including phenoxy) is 1. The fourth-order valence-corrected chi connectivity index (χ4v) is 2.13. The summed E-state index contributed by atoms with van der Waals surface area (Å²) >= 11 is 0. The van der Waals surface area contributed by atoms with Crippen LogP contribution in [0.1, 0.15) is 66.8 Å². The summed E-state index contributed by atoms with van der Waals surface area (Å²) in [5, 5.41) is 9.23. The standard InChI is InChI=1S/C16H22O4/c1-5-9-16(3,4)20-15(19)12-8-7-11(6-2)10-13(12)14(17)18/h7-8,10H,5-6,9H2,1-4H3,(H,17,18). The zero-order chi connectivity index (χ0) is 15.3. The summed E-state index contributed by atoms with van der Waals surface area (Å²) in [5.41, 5.74) is 0.401. The Hall–Kier alpha value is -1.84. The van der Waals surface area contributed by atoms with E-state index in [9.17, 15) is 14.7 Å². The molecule has 0 spiro atoms. The molecule has 4 nitrogen and oxygen atoms in total. The van der Waals surface area contributed by atoms with Gasteiger partial charge < -0.3 is 9.84 Å². The van der Waals surface area contributed by atoms with Crippen molar-refractivity contribution in [3.05, 3.63) is 34.9 Å². The maximum atomic E-state index is 12.2. The number of hydrogen-bond donors (Lipinski definition) is 1. The van der Waals surface area contributed by atoms with Crippen LogP contribution in [0.3, 0.4) is 0 Å². The molecule has 4 heteroatoms. The van der Waals surface area contributed by atoms with Crippen LogP contribution in [0, 0.1) is 0 Å². The molecule has 20 heavy (non-hydrogen) atoms. The van der Waals surface area contributed by atoms with Crippen LogP contribution in [-0.2, 0) is 11.2 Å². The lowest BCUT2D eigenvalue weighted by atomic mass is 10.0. The first-order chi connectivity index (χ1) is 9.30. The Morgan fingerprint density at radius 3 is 2.35 bits per heavy atom. The highest BCUT2D eigenvalue weighted by Crippen LogP contribution is 2.21. The predicted molar refractivity (Wildman–Crippen MR) is 77.2 cm³/mol. The summed E-state index contributed by atoms with van der Waals surface area (Å²) in [6.45, 7) is 7.60. The Morgan fingerprint density at radius 2 is 1.85 bits per heavy atom. The van der Waals surface area contributed by atoms with Gasteiger partial charge in [0.05, 0.1) is 11.1 Å². The van der Waals surface area contributed by atoms with E-state index in [0.717, 1.165) is 24.8 Å². The van der Waals surface area contributed by atoms with Gasteiger partial charge in [0.15, 0.2) is 0 Å². The number of benzene rings is 1. The van der Waals surface area contributed by atoms with E-state index in [2.05, 4.69) is 0 Å². The minimum Gasteiger partial charge on any atom is -0.478 e. The number of carboxylic acid groups (broad SMARTS) is 1. The van der Waals surface area contributed by atoms with Gasteiger partial charge in [0, 0.05) is 0 Å². The summed E-state index contributed by atoms with van der Waals surface area (Å²) < 4.78 is 5.43. The molecule has 0 aliphatic carbocycles. The molecule has 0 aliphatic rings. The molecule has 0 saturated heterocycles. The van der Waals surface area contributed by atoms with Crippen LogP contribution in [0.5, 0.6) is 0 Å². The molecule has 0 bridgehead atoms. The number of carbonyl (C=O) groups excluding carboxylic acids is 1. The molecule has 0 aromatic heterocycles. The highest BCUT2D eigenvalue weighted by Gasteiger charge is 2.25. The van der Waals surface area contributed by atoms with E-state index in [0.29, 0.717) is 0 Å². The molecule has 0 heterocycles. The molecular formula is C16H22O4. The second-order valence-corrected chi connectivity index (χ2v) is 5.44. The number of aromatic carboxylic acids is 1. The summed E-state index contributed by atoms with van der Waals surface area (Å²) in [6.07, 6.45) is 2.34. The van der Waals surface area contributed by atoms with Crippen molar-refractivity contribution in [1.82, 2.24) is 0 Å². The molecule has 0 atom stereocenters. The maximum absolute atomic E-state index is 12.2. The van der Waals surface area contributed by atoms with Gasteiger partial charge in [-0.15, -0.1) is 0 Å². The largest absolute Gasteiger partial charge is 0.478 e. The minimum absolute atomic E-state index is 0.00153. The Morgan fingerprint density at radius 1 is 1.20 bits per heavy atom. The third-order valence-electron chi connectivity index (χ3n) is 3.16. The number of esters is 1. The van der Waals surface area contributed by atoms with Crippen LogP contribution < -0.4 is 0 Å². The number of aryl methyl sites for hydroxylation is 1. The molecule has 0 unspecified atom stereocenters. The lowest BCUT2D eigenvalue weighted by Gasteiger charge is -2.25. The van der Waals surface area contributed by atoms with Crippen molar-refractivity contribution in [3.8, 4) is 0 Å². The second-order valence-electron chi connectivity index (χ2n) is 5.44. The molecule has 110 valence electrons. The summed E-state index contributed by atoms with van der Waals surface area (Å²) in [6, 6.07) is 4.83. The third-order valence-corrected chi connectivity index (χ3v) is 3.16. The quantitative estimate of drug-likeness (QED) is 0.806. The molecule has 1 aromatic rings. The van der Waals surface area contributed by atoms with Crippen LogP contribution in [0.2, 0.25) is 0 Å². The highest BCUT2D eigenvalue weighted by molar-refractivity contribution is 6.02. The molecular weight excluding hydrogens is 256 g/mol. The Bertz CT molecular complexity index is 503. The van der Waals surface area contributed by atoms with Crippen molar-refractivity contribution in [2.24, 2.45) is 0 Å². The lowest BCUT2D eigenvalue weighted by Crippen LogP contribution is -2.28. The molecule has 0 saturated carbocycles. The van der Waals surface area contributed by atoms with Crippen LogP contribution in [0.4, 0.5) is 0 Å². The minimum atomic E-state index is -1.11. The van der Waals surface area contributed by atoms with Gasteiger partial charge >= 0.3 is 11.9 Å². The molecule has 0 amide bonds. The Kier molecular flexibility index (Phi) is 5.31. The molecule has 1 aromatic carbocycles. The van der Waals surface area contributed by atoms with Crippen molar-refractivity contribution < 1.29 is 19.4 Å². The fraction of sp³-hybridized carbons (Fsp3) is 0.500. The van der Waals surface area contributed by atoms with Gasteiger partial charge in [0.2, 0.25) is 0 Å². The Labute approximate surface area is 119 Å². The fourth-order valence-electron chi connectivity index (χ4n) is 2.13. The Balaban J connectivity index is 3.07. The van der Waals surface area contributed by atoms with E-state index in [1.807, 2.05) is 27.7 Å². The number of rotatable bonds is 6. The smallest absolute Gasteiger partial charge is 0.339 e. The number of carboxylic acids is 1. The summed E-state index contributed by atoms with van der Waals surface area (Å²) in [7, 11) is 0. The normalized spacial score (nSPS) is 11.2. The van der Waals surface area contributed by atoms with E-state index >= 15 is 0 Å². The first-order valence-corrected chi connectivity index (χ1v) is 6.90. The van der Waals surface area contributed by atoms with Gasteiger partial charge in [0.1, 0.15) is 5.60 Å². The van der Waals surface area contributed by atoms with Gasteiger partial charge in [-0.25, -0.2) is 9.59 Å². The molecule has 1 rings (SSSR count). The van der Waals surface area contributed by atoms with E-state index in [4.69, 9.17) is 4.74 Å². The van der Waals surface area contributed by atoms with E-state index in [1.54, 1.807) is 6.07 Å². The first-order valence-electron chi connectivity index (χ1n) is 6.90. The van der Waals surface area contributed by atoms with Gasteiger partial charge in [-0.3, -0.25) is 0 Å². The van der Waals surface area contributed by atoms with Crippen molar-refractivity contribution in [2.75, 3.05) is 0 Å². The van der Waals surface area contributed by atoms with Crippen molar-refractivity contribution >= 4 is 11.9 Å². The summed E-state index contributed by atoms with van der Waals surface area (Å²) in [5.74, 6) is -1.69. The van der Waals surface area contributed by atoms with Gasteiger partial charge in [-0.2, -0.15) is 0 Å². The zero-order valence-electron chi connectivity index (χ0n) is 12.5. The molecule has 0 radical (unpaired) electrons. The zero-order valence-corrected chi connectivity index (χ0v) is 12.5. The predicted octanol–water partition coefficient (Wildman–Crippen LogP) is 3.68. The van der Waals surface area contributed by atoms with Gasteiger partial charge in [-0.05, 0) is 44.4 Å². The summed E-state index contributed by atoms with van der Waals surface area (Å²) in [4.78, 5) is 23.5. The number of carbonyl (C=O) groups is 2. The van der Waals surface area contributed by atoms with Crippen molar-refractivity contribution in [3.63, 3.8) is 0 Å². The maximum Gasteiger partial charge on any atom is 0.339 e. The van der Waals surface area contributed by atoms with Crippen molar-refractivity contribution in [2.45, 2.75) is 52.6 Å². The van der Waals surface area contributed by atoms with Crippen LogP contribution in [-0.4, -0.2) is 22.6 Å². The van der Waals surface area contributed by atoms with Gasteiger partial charge in [0.25, 0.3) is 0 Å². The second kappa shape index (κ2) is 6.55. The monoisotopic (exact) mass is 278 g/mol. The topological polar surface area (TPSA) is 63.6 Å². The average molecular weight is 278 g/mol. The molecule has 0 fully saturated rings. The van der Waals surface area contributed by atoms with E-state index < -0.39 is 17.5 Å². The van der Waals surface area contributed by atoms with E-state index in [-0.39, 0.29) is 11.1 Å². The highest BCUT2D eigenvalue weighted by atomic mass is 16.6. The third kappa shape index (κ3) is 4.08.